The number of ether oxygens (including phenoxy) is 2. The van der Waals surface area contributed by atoms with Gasteiger partial charge in [-0.2, -0.15) is 0 Å². The molecule has 2 heterocycles. The molecule has 0 amide bonds. The van der Waals surface area contributed by atoms with Crippen molar-refractivity contribution >= 4 is 30.3 Å². The number of hydrogen-bond donors (Lipinski definition) is 2. The minimum absolute atomic E-state index is 0. The van der Waals surface area contributed by atoms with Crippen molar-refractivity contribution in [2.75, 3.05) is 20.3 Å². The number of aromatic amines is 1. The fraction of sp³-hybridized carbons (Fsp3) is 0.200. The summed E-state index contributed by atoms with van der Waals surface area (Å²) in [6.07, 6.45) is 2.45. The number of methoxy groups -OCH3 is 1. The number of nitrogens with one attached hydrogen (secondary N) is 1. The first-order chi connectivity index (χ1) is 17.5. The number of pyridine rings is 1. The number of ketones is 2. The zero-order valence-corrected chi connectivity index (χ0v) is 23.0. The molecule has 0 spiro atoms. The molecule has 0 saturated carbocycles. The minimum Gasteiger partial charge on any atom is -0.506 e. The van der Waals surface area contributed by atoms with E-state index in [0.717, 1.165) is 0 Å². The molecule has 1 atom stereocenters. The van der Waals surface area contributed by atoms with Crippen LogP contribution < -0.4 is 10.4 Å². The fourth-order valence-corrected chi connectivity index (χ4v) is 3.76. The number of fused-ring (bicyclic) bond motifs is 2. The number of carbonyl (C=O) groups is 2. The van der Waals surface area contributed by atoms with Crippen LogP contribution in [0.15, 0.2) is 53.5 Å². The van der Waals surface area contributed by atoms with Crippen molar-refractivity contribution in [3.8, 4) is 17.5 Å². The second-order valence-corrected chi connectivity index (χ2v) is 7.51. The van der Waals surface area contributed by atoms with E-state index in [1.54, 1.807) is 31.4 Å². The van der Waals surface area contributed by atoms with Crippen LogP contribution in [-0.4, -0.2) is 64.7 Å². The Kier molecular flexibility index (Phi) is 9.79. The molecule has 2 aromatic carbocycles. The number of benzene rings is 2. The molecule has 2 N–H and O–H groups in total. The number of para-hydroxylation sites is 1. The molecule has 0 fully saturated rings. The first-order valence-corrected chi connectivity index (χ1v) is 11.0. The predicted molar refractivity (Wildman–Crippen MR) is 130 cm³/mol. The van der Waals surface area contributed by atoms with Crippen LogP contribution in [-0.2, 0) is 37.4 Å². The van der Waals surface area contributed by atoms with Crippen molar-refractivity contribution < 1.29 is 56.9 Å². The van der Waals surface area contributed by atoms with Gasteiger partial charge < -0.3 is 34.5 Å². The Balaban J connectivity index is 0.00000124. The van der Waals surface area contributed by atoms with Gasteiger partial charge in [0, 0.05) is 62.7 Å². The van der Waals surface area contributed by atoms with E-state index in [0.29, 0.717) is 24.1 Å². The second-order valence-electron chi connectivity index (χ2n) is 7.51. The maximum atomic E-state index is 13.2. The van der Waals surface area contributed by atoms with Crippen LogP contribution in [0.1, 0.15) is 32.3 Å². The van der Waals surface area contributed by atoms with E-state index in [9.17, 15) is 14.7 Å². The normalized spacial score (nSPS) is 14.5. The summed E-state index contributed by atoms with van der Waals surface area (Å²) >= 11 is 0. The van der Waals surface area contributed by atoms with Crippen LogP contribution in [0.2, 0.25) is 6.82 Å². The zero-order valence-electron chi connectivity index (χ0n) is 20.1. The van der Waals surface area contributed by atoms with E-state index < -0.39 is 17.5 Å². The average molecular weight is 571 g/mol. The van der Waals surface area contributed by atoms with Gasteiger partial charge >= 0.3 is 0 Å². The van der Waals surface area contributed by atoms with Crippen LogP contribution in [0.3, 0.4) is 0 Å². The van der Waals surface area contributed by atoms with Gasteiger partial charge in [0.1, 0.15) is 28.7 Å². The largest absolute Gasteiger partial charge is 0.506 e. The van der Waals surface area contributed by atoms with E-state index in [1.165, 1.54) is 25.0 Å². The van der Waals surface area contributed by atoms with Gasteiger partial charge in [-0.15, -0.1) is 0 Å². The molecule has 1 unspecified atom stereocenters. The summed E-state index contributed by atoms with van der Waals surface area (Å²) in [5.41, 5.74) is 1.30. The van der Waals surface area contributed by atoms with Gasteiger partial charge in [0.05, 0.1) is 26.5 Å². The van der Waals surface area contributed by atoms with Crippen molar-refractivity contribution in [2.45, 2.75) is 12.7 Å². The molecule has 12 heteroatoms. The first kappa shape index (κ1) is 28.3. The smallest absolute Gasteiger partial charge is 0.185 e. The van der Waals surface area contributed by atoms with E-state index in [2.05, 4.69) is 39.1 Å². The standard InChI is InChI=1S/C24H18N5O5.CH3B.Y/c1-33-9-8-25-23-26-12-27-24(29-23)34-14-6-7-15-16(11-14)22(32)19(21(15)31)20-18(30)10-13-4-2-3-5-17(13)28-20;1-2;/h2-7,10-11,19,30H,8-9H2,1H3,(H,25,26,27,29);1H3;/q-1;;. The number of nitrogens with zero attached hydrogens (tertiary/aromatic N) is 4. The topological polar surface area (TPSA) is 140 Å². The maximum Gasteiger partial charge on any atom is 0.185 e. The van der Waals surface area contributed by atoms with Gasteiger partial charge in [0.25, 0.3) is 0 Å². The summed E-state index contributed by atoms with van der Waals surface area (Å²) in [5.74, 6) is -2.03. The third-order valence-corrected chi connectivity index (χ3v) is 5.35. The molecule has 0 aliphatic heterocycles. The number of H-pyrrole nitrogens is 1. The average Bonchev–Trinajstić information content (AvgIpc) is 3.14. The number of rotatable bonds is 6. The SMILES string of the molecule is COCCN=c1n[c-]nc(Oc2ccc3c(c2)C(=O)C(c2nc4ccccc4cc2O)C3=O)[nH]1.[B]C.[Y]. The third kappa shape index (κ3) is 6.01. The van der Waals surface area contributed by atoms with Gasteiger partial charge in [-0.1, -0.05) is 25.0 Å². The summed E-state index contributed by atoms with van der Waals surface area (Å²) < 4.78 is 10.6. The van der Waals surface area contributed by atoms with Crippen molar-refractivity contribution in [2.24, 2.45) is 4.99 Å². The zero-order chi connectivity index (χ0) is 25.7. The molecule has 0 bridgehead atoms. The van der Waals surface area contributed by atoms with E-state index in [-0.39, 0.29) is 72.7 Å². The van der Waals surface area contributed by atoms with E-state index >= 15 is 0 Å². The summed E-state index contributed by atoms with van der Waals surface area (Å²) in [4.78, 5) is 45.4. The third-order valence-electron chi connectivity index (χ3n) is 5.35. The molecule has 2 aromatic heterocycles. The number of aromatic nitrogens is 4. The number of carbonyl (C=O) groups excluding carboxylic acids is 2. The van der Waals surface area contributed by atoms with E-state index in [1.807, 2.05) is 6.07 Å². The van der Waals surface area contributed by atoms with Gasteiger partial charge in [-0.25, -0.2) is 4.98 Å². The Bertz CT molecular complexity index is 1510. The van der Waals surface area contributed by atoms with Gasteiger partial charge in [-0.3, -0.25) is 9.59 Å². The Morgan fingerprint density at radius 1 is 1.08 bits per heavy atom. The van der Waals surface area contributed by atoms with Gasteiger partial charge in [0.2, 0.25) is 0 Å². The maximum absolute atomic E-state index is 13.2. The van der Waals surface area contributed by atoms with Crippen LogP contribution in [0.4, 0.5) is 0 Å². The van der Waals surface area contributed by atoms with Gasteiger partial charge in [0.15, 0.2) is 17.6 Å². The number of hydrogen-bond acceptors (Lipinski definition) is 9. The summed E-state index contributed by atoms with van der Waals surface area (Å²) in [6.45, 7) is 2.32. The molecular formula is C25H21BN5O5Y-. The molecule has 0 saturated heterocycles. The molecule has 3 radical (unpaired) electrons. The summed E-state index contributed by atoms with van der Waals surface area (Å²) in [7, 11) is 6.07. The first-order valence-electron chi connectivity index (χ1n) is 11.0. The molecule has 5 rings (SSSR count). The number of aromatic hydroxyl groups is 1. The van der Waals surface area contributed by atoms with Gasteiger partial charge in [-0.05, 0) is 30.3 Å². The summed E-state index contributed by atoms with van der Waals surface area (Å²) in [6, 6.07) is 13.3. The van der Waals surface area contributed by atoms with Crippen molar-refractivity contribution in [1.82, 2.24) is 19.9 Å². The minimum atomic E-state index is -1.22. The number of Topliss-reactive ketones (excluding diaryl/α,β-unsaturated/α-hetero) is 2. The molecule has 4 aromatic rings. The molecule has 183 valence electrons. The summed E-state index contributed by atoms with van der Waals surface area (Å²) in [5, 5.41) is 11.2. The Morgan fingerprint density at radius 3 is 2.62 bits per heavy atom. The molecular weight excluding hydrogens is 550 g/mol. The second kappa shape index (κ2) is 12.8. The molecule has 10 nitrogen and oxygen atoms in total. The van der Waals surface area contributed by atoms with Crippen LogP contribution in [0, 0.1) is 6.33 Å². The molecule has 37 heavy (non-hydrogen) atoms. The van der Waals surface area contributed by atoms with Crippen molar-refractivity contribution in [3.05, 3.63) is 77.3 Å². The Labute approximate surface area is 238 Å². The van der Waals surface area contributed by atoms with E-state index in [4.69, 9.17) is 9.47 Å². The van der Waals surface area contributed by atoms with Crippen molar-refractivity contribution in [1.29, 1.82) is 0 Å². The predicted octanol–water partition coefficient (Wildman–Crippen LogP) is 2.56. The van der Waals surface area contributed by atoms with Crippen LogP contribution >= 0.6 is 0 Å². The van der Waals surface area contributed by atoms with Crippen LogP contribution in [0.5, 0.6) is 17.5 Å². The van der Waals surface area contributed by atoms with Crippen molar-refractivity contribution in [3.63, 3.8) is 0 Å². The quantitative estimate of drug-likeness (QED) is 0.156. The fourth-order valence-electron chi connectivity index (χ4n) is 3.76. The van der Waals surface area contributed by atoms with Crippen LogP contribution in [0.25, 0.3) is 10.9 Å². The molecule has 1 aliphatic rings. The Hall–Kier alpha value is -3.27. The Morgan fingerprint density at radius 2 is 1.84 bits per heavy atom. The molecule has 1 aliphatic carbocycles. The monoisotopic (exact) mass is 571 g/mol.